The fourth-order valence-corrected chi connectivity index (χ4v) is 5.94. The third-order valence-corrected chi connectivity index (χ3v) is 8.01. The first kappa shape index (κ1) is 23.5. The van der Waals surface area contributed by atoms with Gasteiger partial charge in [-0.1, -0.05) is 84.8 Å². The predicted molar refractivity (Wildman–Crippen MR) is 163 cm³/mol. The van der Waals surface area contributed by atoms with Crippen LogP contribution in [0, 0.1) is 19.8 Å². The van der Waals surface area contributed by atoms with Gasteiger partial charge in [-0.25, -0.2) is 4.99 Å². The van der Waals surface area contributed by atoms with Crippen LogP contribution < -0.4 is 14.7 Å². The van der Waals surface area contributed by atoms with Crippen LogP contribution in [0.15, 0.2) is 126 Å². The van der Waals surface area contributed by atoms with Gasteiger partial charge in [0.25, 0.3) is 0 Å². The van der Waals surface area contributed by atoms with Gasteiger partial charge in [-0.2, -0.15) is 0 Å². The first-order valence-electron chi connectivity index (χ1n) is 13.7. The van der Waals surface area contributed by atoms with Gasteiger partial charge < -0.3 is 9.80 Å². The Hall–Kier alpha value is -4.57. The lowest BCUT2D eigenvalue weighted by atomic mass is 9.92. The van der Waals surface area contributed by atoms with E-state index in [1.165, 1.54) is 45.1 Å². The summed E-state index contributed by atoms with van der Waals surface area (Å²) >= 11 is 0. The number of fused-ring (bicyclic) bond motifs is 4. The molecule has 7 rings (SSSR count). The smallest absolute Gasteiger partial charge is 0.216 e. The van der Waals surface area contributed by atoms with Gasteiger partial charge in [-0.15, -0.1) is 0 Å². The van der Waals surface area contributed by atoms with Crippen LogP contribution in [-0.2, 0) is 6.54 Å². The Morgan fingerprint density at radius 1 is 0.744 bits per heavy atom. The number of aryl methyl sites for hydroxylation is 2. The summed E-state index contributed by atoms with van der Waals surface area (Å²) in [6, 6.07) is 35.0. The number of hydrogen-bond donors (Lipinski definition) is 0. The van der Waals surface area contributed by atoms with Crippen molar-refractivity contribution in [2.24, 2.45) is 10.9 Å². The van der Waals surface area contributed by atoms with Crippen LogP contribution in [0.25, 0.3) is 0 Å². The topological polar surface area (TPSA) is 22.1 Å². The zero-order valence-electron chi connectivity index (χ0n) is 22.6. The van der Waals surface area contributed by atoms with Crippen molar-refractivity contribution in [2.75, 3.05) is 14.7 Å². The summed E-state index contributed by atoms with van der Waals surface area (Å²) in [7, 11) is 0. The third-order valence-electron chi connectivity index (χ3n) is 8.01. The number of benzene rings is 4. The highest BCUT2D eigenvalue weighted by Gasteiger charge is 2.38. The molecule has 0 amide bonds. The van der Waals surface area contributed by atoms with Crippen molar-refractivity contribution in [3.8, 4) is 0 Å². The van der Waals surface area contributed by atoms with Crippen molar-refractivity contribution in [3.63, 3.8) is 0 Å². The van der Waals surface area contributed by atoms with Crippen LogP contribution in [-0.4, -0.2) is 12.0 Å². The normalized spacial score (nSPS) is 19.2. The van der Waals surface area contributed by atoms with Gasteiger partial charge in [0.2, 0.25) is 5.96 Å². The van der Waals surface area contributed by atoms with Crippen LogP contribution in [0.3, 0.4) is 0 Å². The van der Waals surface area contributed by atoms with Crippen molar-refractivity contribution in [2.45, 2.75) is 33.4 Å². The van der Waals surface area contributed by atoms with E-state index < -0.39 is 0 Å². The van der Waals surface area contributed by atoms with Gasteiger partial charge >= 0.3 is 0 Å². The molecule has 0 fully saturated rings. The van der Waals surface area contributed by atoms with Gasteiger partial charge in [0.15, 0.2) is 0 Å². The Kier molecular flexibility index (Phi) is 5.62. The Balaban J connectivity index is 1.28. The molecule has 2 aliphatic heterocycles. The second-order valence-electron chi connectivity index (χ2n) is 10.8. The fraction of sp³-hybridized carbons (Fsp3) is 0.171. The van der Waals surface area contributed by atoms with E-state index in [1.54, 1.807) is 0 Å². The first-order valence-corrected chi connectivity index (χ1v) is 13.7. The molecule has 4 heteroatoms. The van der Waals surface area contributed by atoms with E-state index in [2.05, 4.69) is 151 Å². The van der Waals surface area contributed by atoms with Gasteiger partial charge in [-0.3, -0.25) is 4.90 Å². The number of rotatable bonds is 4. The molecule has 0 aromatic heterocycles. The SMILES string of the molecule is Cc1ccc(N(c2ccc(C)cc2)C2C=CC(N3C4=Nc5ccccc5CN4c4ccccc43)=CC2C)cc1. The molecule has 0 spiro atoms. The standard InChI is InChI=1S/C35H32N4/c1-24-12-16-28(17-13-24)38(29-18-14-25(2)15-19-29)32-21-20-30(22-26(32)3)39-34-11-7-6-10-33(34)37-23-27-8-4-5-9-31(27)36-35(37)39/h4-22,26,32H,23H2,1-3H3. The molecular formula is C35H32N4. The highest BCUT2D eigenvalue weighted by atomic mass is 15.4. The number of nitrogens with zero attached hydrogens (tertiary/aromatic N) is 4. The Bertz CT molecular complexity index is 1580. The quantitative estimate of drug-likeness (QED) is 0.276. The van der Waals surface area contributed by atoms with Gasteiger partial charge in [0.1, 0.15) is 0 Å². The summed E-state index contributed by atoms with van der Waals surface area (Å²) in [5.74, 6) is 1.25. The van der Waals surface area contributed by atoms with Crippen LogP contribution in [0.2, 0.25) is 0 Å². The second kappa shape index (κ2) is 9.32. The number of guanidine groups is 1. The average Bonchev–Trinajstić information content (AvgIpc) is 3.28. The van der Waals surface area contributed by atoms with Gasteiger partial charge in [0, 0.05) is 23.0 Å². The largest absolute Gasteiger partial charge is 0.334 e. The minimum absolute atomic E-state index is 0.183. The number of anilines is 4. The van der Waals surface area contributed by atoms with Crippen molar-refractivity contribution in [3.05, 3.63) is 138 Å². The van der Waals surface area contributed by atoms with Crippen LogP contribution >= 0.6 is 0 Å². The molecule has 2 atom stereocenters. The fourth-order valence-electron chi connectivity index (χ4n) is 5.94. The minimum atomic E-state index is 0.183. The summed E-state index contributed by atoms with van der Waals surface area (Å²) in [6.07, 6.45) is 7.05. The summed E-state index contributed by atoms with van der Waals surface area (Å²) < 4.78 is 0. The maximum atomic E-state index is 5.15. The molecule has 0 N–H and O–H groups in total. The van der Waals surface area contributed by atoms with Crippen molar-refractivity contribution in [1.29, 1.82) is 0 Å². The molecule has 4 aromatic rings. The van der Waals surface area contributed by atoms with Crippen molar-refractivity contribution >= 4 is 34.4 Å². The van der Waals surface area contributed by atoms with Gasteiger partial charge in [0.05, 0.1) is 29.6 Å². The molecule has 3 aliphatic rings. The summed E-state index contributed by atoms with van der Waals surface area (Å²) in [4.78, 5) is 12.3. The summed E-state index contributed by atoms with van der Waals surface area (Å²) in [5, 5.41) is 0. The van der Waals surface area contributed by atoms with Gasteiger partial charge in [-0.05, 0) is 68.0 Å². The summed E-state index contributed by atoms with van der Waals surface area (Å²) in [5.41, 5.74) is 10.8. The molecular weight excluding hydrogens is 476 g/mol. The first-order chi connectivity index (χ1) is 19.1. The highest BCUT2D eigenvalue weighted by molar-refractivity contribution is 6.19. The third kappa shape index (κ3) is 4.04. The van der Waals surface area contributed by atoms with E-state index in [0.717, 1.165) is 18.2 Å². The van der Waals surface area contributed by atoms with E-state index in [0.29, 0.717) is 0 Å². The maximum absolute atomic E-state index is 5.15. The maximum Gasteiger partial charge on any atom is 0.216 e. The lowest BCUT2D eigenvalue weighted by Gasteiger charge is -2.38. The molecule has 39 heavy (non-hydrogen) atoms. The van der Waals surface area contributed by atoms with Crippen molar-refractivity contribution in [1.82, 2.24) is 0 Å². The predicted octanol–water partition coefficient (Wildman–Crippen LogP) is 8.43. The molecule has 4 nitrogen and oxygen atoms in total. The average molecular weight is 509 g/mol. The molecule has 4 aromatic carbocycles. The molecule has 2 unspecified atom stereocenters. The zero-order chi connectivity index (χ0) is 26.5. The van der Waals surface area contributed by atoms with Crippen LogP contribution in [0.4, 0.5) is 28.4 Å². The molecule has 192 valence electrons. The molecule has 0 saturated heterocycles. The lowest BCUT2D eigenvalue weighted by molar-refractivity contribution is 0.604. The lowest BCUT2D eigenvalue weighted by Crippen LogP contribution is -2.41. The Morgan fingerprint density at radius 3 is 2.03 bits per heavy atom. The Morgan fingerprint density at radius 2 is 1.36 bits per heavy atom. The van der Waals surface area contributed by atoms with E-state index in [9.17, 15) is 0 Å². The van der Waals surface area contributed by atoms with E-state index in [4.69, 9.17) is 4.99 Å². The van der Waals surface area contributed by atoms with E-state index >= 15 is 0 Å². The van der Waals surface area contributed by atoms with E-state index in [1.807, 2.05) is 0 Å². The van der Waals surface area contributed by atoms with E-state index in [-0.39, 0.29) is 12.0 Å². The van der Waals surface area contributed by atoms with Crippen LogP contribution in [0.1, 0.15) is 23.6 Å². The monoisotopic (exact) mass is 508 g/mol. The number of aliphatic imine (C=N–C) groups is 1. The number of para-hydroxylation sites is 3. The number of allylic oxidation sites excluding steroid dienone is 1. The molecule has 1 aliphatic carbocycles. The Labute approximate surface area is 230 Å². The zero-order valence-corrected chi connectivity index (χ0v) is 22.6. The summed E-state index contributed by atoms with van der Waals surface area (Å²) in [6.45, 7) is 7.43. The number of hydrogen-bond acceptors (Lipinski definition) is 4. The molecule has 0 radical (unpaired) electrons. The second-order valence-corrected chi connectivity index (χ2v) is 10.8. The van der Waals surface area contributed by atoms with Crippen molar-refractivity contribution < 1.29 is 0 Å². The molecule has 2 heterocycles. The molecule has 0 saturated carbocycles. The molecule has 0 bridgehead atoms. The highest BCUT2D eigenvalue weighted by Crippen LogP contribution is 2.45. The minimum Gasteiger partial charge on any atom is -0.334 e. The van der Waals surface area contributed by atoms with Crippen LogP contribution in [0.5, 0.6) is 0 Å².